The molecule has 0 unspecified atom stereocenters. The highest BCUT2D eigenvalue weighted by atomic mass is 19.4. The lowest BCUT2D eigenvalue weighted by molar-refractivity contribution is -0.274. The topological polar surface area (TPSA) is 67.3 Å². The Bertz CT molecular complexity index is 759. The van der Waals surface area contributed by atoms with Crippen LogP contribution in [0, 0.1) is 0 Å². The van der Waals surface area contributed by atoms with E-state index in [9.17, 15) is 18.0 Å². The van der Waals surface area contributed by atoms with E-state index in [0.717, 1.165) is 38.1 Å². The molecule has 3 rings (SSSR count). The summed E-state index contributed by atoms with van der Waals surface area (Å²) < 4.78 is 40.3. The van der Waals surface area contributed by atoms with Gasteiger partial charge >= 0.3 is 6.36 Å². The normalized spacial score (nSPS) is 14.8. The van der Waals surface area contributed by atoms with Crippen molar-refractivity contribution in [3.8, 4) is 5.75 Å². The number of nitrogens with zero attached hydrogens (tertiary/aromatic N) is 3. The Morgan fingerprint density at radius 1 is 1.08 bits per heavy atom. The van der Waals surface area contributed by atoms with Crippen molar-refractivity contribution >= 4 is 17.4 Å². The van der Waals surface area contributed by atoms with Crippen LogP contribution in [0.4, 0.5) is 24.7 Å². The molecule has 1 aromatic heterocycles. The van der Waals surface area contributed by atoms with Gasteiger partial charge in [-0.1, -0.05) is 0 Å². The van der Waals surface area contributed by atoms with E-state index in [-0.39, 0.29) is 11.4 Å². The van der Waals surface area contributed by atoms with Gasteiger partial charge in [0.25, 0.3) is 5.91 Å². The van der Waals surface area contributed by atoms with Gasteiger partial charge in [-0.25, -0.2) is 9.97 Å². The summed E-state index contributed by atoms with van der Waals surface area (Å²) in [5.41, 5.74) is 0.527. The molecule has 1 aliphatic rings. The summed E-state index contributed by atoms with van der Waals surface area (Å²) in [6, 6.07) is 6.52. The first-order valence-corrected chi connectivity index (χ1v) is 8.15. The molecule has 2 aromatic rings. The maximum Gasteiger partial charge on any atom is 0.573 e. The minimum absolute atomic E-state index is 0.191. The number of anilines is 2. The Morgan fingerprint density at radius 3 is 2.42 bits per heavy atom. The van der Waals surface area contributed by atoms with Gasteiger partial charge in [-0.05, 0) is 43.5 Å². The lowest BCUT2D eigenvalue weighted by Gasteiger charge is -2.27. The molecule has 1 N–H and O–H groups in total. The summed E-state index contributed by atoms with van der Waals surface area (Å²) in [4.78, 5) is 22.6. The van der Waals surface area contributed by atoms with Crippen LogP contribution < -0.4 is 15.0 Å². The molecule has 138 valence electrons. The number of halogens is 3. The van der Waals surface area contributed by atoms with E-state index < -0.39 is 12.3 Å². The Labute approximate surface area is 148 Å². The second kappa shape index (κ2) is 7.59. The van der Waals surface area contributed by atoms with E-state index in [4.69, 9.17) is 0 Å². The maximum atomic E-state index is 12.3. The third-order valence-corrected chi connectivity index (χ3v) is 3.91. The molecule has 0 spiro atoms. The molecule has 0 aliphatic carbocycles. The predicted molar refractivity (Wildman–Crippen MR) is 89.2 cm³/mol. The molecule has 1 amide bonds. The second-order valence-electron chi connectivity index (χ2n) is 5.84. The number of alkyl halides is 3. The van der Waals surface area contributed by atoms with Crippen molar-refractivity contribution < 1.29 is 22.7 Å². The van der Waals surface area contributed by atoms with Crippen molar-refractivity contribution in [2.24, 2.45) is 0 Å². The molecule has 9 heteroatoms. The van der Waals surface area contributed by atoms with Crippen LogP contribution in [0.5, 0.6) is 5.75 Å². The van der Waals surface area contributed by atoms with Crippen molar-refractivity contribution in [1.29, 1.82) is 0 Å². The van der Waals surface area contributed by atoms with Crippen molar-refractivity contribution in [2.75, 3.05) is 23.3 Å². The fourth-order valence-electron chi connectivity index (χ4n) is 2.70. The second-order valence-corrected chi connectivity index (χ2v) is 5.84. The fourth-order valence-corrected chi connectivity index (χ4v) is 2.70. The standard InChI is InChI=1S/C17H17F3N4O2/c18-17(19,20)26-13-6-4-12(5-7-13)23-16(25)14-10-15(22-11-21-14)24-8-2-1-3-9-24/h4-7,10-11H,1-3,8-9H2,(H,23,25). The smallest absolute Gasteiger partial charge is 0.406 e. The number of piperidine rings is 1. The van der Waals surface area contributed by atoms with Crippen molar-refractivity contribution in [3.63, 3.8) is 0 Å². The highest BCUT2D eigenvalue weighted by Gasteiger charge is 2.31. The monoisotopic (exact) mass is 366 g/mol. The van der Waals surface area contributed by atoms with Crippen molar-refractivity contribution in [1.82, 2.24) is 9.97 Å². The van der Waals surface area contributed by atoms with Gasteiger partial charge in [0.1, 0.15) is 23.6 Å². The number of carbonyl (C=O) groups is 1. The number of benzene rings is 1. The number of hydrogen-bond acceptors (Lipinski definition) is 5. The Balaban J connectivity index is 1.66. The molecule has 0 atom stereocenters. The Hall–Kier alpha value is -2.84. The Kier molecular flexibility index (Phi) is 5.24. The van der Waals surface area contributed by atoms with Gasteiger partial charge in [0.05, 0.1) is 0 Å². The summed E-state index contributed by atoms with van der Waals surface area (Å²) >= 11 is 0. The third kappa shape index (κ3) is 4.84. The van der Waals surface area contributed by atoms with E-state index in [1.807, 2.05) is 0 Å². The van der Waals surface area contributed by atoms with Gasteiger partial charge in [-0.15, -0.1) is 13.2 Å². The van der Waals surface area contributed by atoms with Crippen LogP contribution in [0.2, 0.25) is 0 Å². The zero-order chi connectivity index (χ0) is 18.6. The lowest BCUT2D eigenvalue weighted by Crippen LogP contribution is -2.30. The summed E-state index contributed by atoms with van der Waals surface area (Å²) in [5.74, 6) is -0.126. The Morgan fingerprint density at radius 2 is 1.77 bits per heavy atom. The number of rotatable bonds is 4. The molecule has 1 aromatic carbocycles. The molecule has 1 aliphatic heterocycles. The molecule has 1 fully saturated rings. The van der Waals surface area contributed by atoms with Crippen molar-refractivity contribution in [2.45, 2.75) is 25.6 Å². The maximum absolute atomic E-state index is 12.3. The van der Waals surface area contributed by atoms with Crippen LogP contribution in [-0.4, -0.2) is 35.3 Å². The molecular weight excluding hydrogens is 349 g/mol. The van der Waals surface area contributed by atoms with Crippen LogP contribution >= 0.6 is 0 Å². The number of nitrogens with one attached hydrogen (secondary N) is 1. The number of hydrogen-bond donors (Lipinski definition) is 1. The number of carbonyl (C=O) groups excluding carboxylic acids is 1. The van der Waals surface area contributed by atoms with Gasteiger partial charge in [0.2, 0.25) is 0 Å². The molecule has 0 saturated carbocycles. The summed E-state index contributed by atoms with van der Waals surface area (Å²) in [6.07, 6.45) is -0.0750. The first-order valence-electron chi connectivity index (χ1n) is 8.15. The highest BCUT2D eigenvalue weighted by Crippen LogP contribution is 2.24. The van der Waals surface area contributed by atoms with Gasteiger partial charge in [0, 0.05) is 24.8 Å². The largest absolute Gasteiger partial charge is 0.573 e. The quantitative estimate of drug-likeness (QED) is 0.895. The minimum atomic E-state index is -4.75. The number of aromatic nitrogens is 2. The highest BCUT2D eigenvalue weighted by molar-refractivity contribution is 6.03. The van der Waals surface area contributed by atoms with Crippen LogP contribution in [0.3, 0.4) is 0 Å². The molecule has 0 radical (unpaired) electrons. The average Bonchev–Trinajstić information content (AvgIpc) is 2.63. The number of amides is 1. The fraction of sp³-hybridized carbons (Fsp3) is 0.353. The zero-order valence-corrected chi connectivity index (χ0v) is 13.8. The van der Waals surface area contributed by atoms with Gasteiger partial charge in [-0.3, -0.25) is 4.79 Å². The summed E-state index contributed by atoms with van der Waals surface area (Å²) in [7, 11) is 0. The molecule has 6 nitrogen and oxygen atoms in total. The van der Waals surface area contributed by atoms with Crippen LogP contribution in [0.25, 0.3) is 0 Å². The first kappa shape index (κ1) is 18.0. The van der Waals surface area contributed by atoms with Crippen molar-refractivity contribution in [3.05, 3.63) is 42.4 Å². The summed E-state index contributed by atoms with van der Waals surface area (Å²) in [5, 5.41) is 2.59. The average molecular weight is 366 g/mol. The van der Waals surface area contributed by atoms with E-state index in [1.54, 1.807) is 6.07 Å². The van der Waals surface area contributed by atoms with E-state index >= 15 is 0 Å². The van der Waals surface area contributed by atoms with E-state index in [2.05, 4.69) is 24.9 Å². The minimum Gasteiger partial charge on any atom is -0.406 e. The van der Waals surface area contributed by atoms with Gasteiger partial charge in [-0.2, -0.15) is 0 Å². The molecule has 26 heavy (non-hydrogen) atoms. The SMILES string of the molecule is O=C(Nc1ccc(OC(F)(F)F)cc1)c1cc(N2CCCCC2)ncn1. The van der Waals surface area contributed by atoms with Gasteiger partial charge in [0.15, 0.2) is 0 Å². The van der Waals surface area contributed by atoms with E-state index in [0.29, 0.717) is 11.5 Å². The first-order chi connectivity index (χ1) is 12.4. The third-order valence-electron chi connectivity index (χ3n) is 3.91. The summed E-state index contributed by atoms with van der Waals surface area (Å²) in [6.45, 7) is 1.78. The molecule has 0 bridgehead atoms. The lowest BCUT2D eigenvalue weighted by atomic mass is 10.1. The van der Waals surface area contributed by atoms with Gasteiger partial charge < -0.3 is 15.0 Å². The van der Waals surface area contributed by atoms with Crippen LogP contribution in [-0.2, 0) is 0 Å². The molecule has 2 heterocycles. The molecule has 1 saturated heterocycles. The van der Waals surface area contributed by atoms with Crippen LogP contribution in [0.15, 0.2) is 36.7 Å². The van der Waals surface area contributed by atoms with Crippen LogP contribution in [0.1, 0.15) is 29.8 Å². The van der Waals surface area contributed by atoms with E-state index in [1.165, 1.54) is 24.9 Å². The zero-order valence-electron chi connectivity index (χ0n) is 13.8. The number of ether oxygens (including phenoxy) is 1. The predicted octanol–water partition coefficient (Wildman–Crippen LogP) is 3.62. The molecular formula is C17H17F3N4O2.